The van der Waals surface area contributed by atoms with E-state index < -0.39 is 11.5 Å². The van der Waals surface area contributed by atoms with Gasteiger partial charge >= 0.3 is 5.63 Å². The fourth-order valence-electron chi connectivity index (χ4n) is 3.89. The standard InChI is InChI=1S/C24H26ClN3O4/c1-3-27-9-11-28(12-10-27)15-17-7-8-18(14-20(17)25)26-23(29)19-13-16-5-4-6-21(31-2)22(16)32-24(19)30/h4-8,13-14H,3,9-12,15H2,1-2H3,(H,26,29). The molecule has 1 aromatic heterocycles. The molecule has 168 valence electrons. The van der Waals surface area contributed by atoms with Crippen molar-refractivity contribution in [1.82, 2.24) is 9.80 Å². The van der Waals surface area contributed by atoms with Gasteiger partial charge in [-0.05, 0) is 36.4 Å². The van der Waals surface area contributed by atoms with E-state index in [2.05, 4.69) is 22.0 Å². The van der Waals surface area contributed by atoms with Gasteiger partial charge in [-0.1, -0.05) is 36.7 Å². The lowest BCUT2D eigenvalue weighted by Gasteiger charge is -2.34. The lowest BCUT2D eigenvalue weighted by molar-refractivity contribution is 0.102. The number of rotatable bonds is 6. The highest BCUT2D eigenvalue weighted by molar-refractivity contribution is 6.31. The predicted molar refractivity (Wildman–Crippen MR) is 126 cm³/mol. The molecular weight excluding hydrogens is 430 g/mol. The summed E-state index contributed by atoms with van der Waals surface area (Å²) in [7, 11) is 1.49. The van der Waals surface area contributed by atoms with Gasteiger partial charge in [-0.3, -0.25) is 9.69 Å². The molecule has 0 unspecified atom stereocenters. The van der Waals surface area contributed by atoms with Crippen LogP contribution in [-0.4, -0.2) is 55.5 Å². The van der Waals surface area contributed by atoms with Crippen molar-refractivity contribution in [3.63, 3.8) is 0 Å². The second-order valence-corrected chi connectivity index (χ2v) is 8.20. The summed E-state index contributed by atoms with van der Waals surface area (Å²) in [5.41, 5.74) is 1.02. The number of hydrogen-bond donors (Lipinski definition) is 1. The molecule has 0 spiro atoms. The van der Waals surface area contributed by atoms with Gasteiger partial charge in [0.05, 0.1) is 7.11 Å². The van der Waals surface area contributed by atoms with E-state index in [4.69, 9.17) is 20.8 Å². The van der Waals surface area contributed by atoms with Crippen LogP contribution in [0.5, 0.6) is 5.75 Å². The van der Waals surface area contributed by atoms with Crippen molar-refractivity contribution in [1.29, 1.82) is 0 Å². The summed E-state index contributed by atoms with van der Waals surface area (Å²) in [5, 5.41) is 3.92. The van der Waals surface area contributed by atoms with Crippen LogP contribution in [0, 0.1) is 0 Å². The summed E-state index contributed by atoms with van der Waals surface area (Å²) < 4.78 is 10.6. The van der Waals surface area contributed by atoms with Crippen LogP contribution in [0.25, 0.3) is 11.0 Å². The first-order valence-corrected chi connectivity index (χ1v) is 11.0. The quantitative estimate of drug-likeness (QED) is 0.569. The van der Waals surface area contributed by atoms with Crippen molar-refractivity contribution in [2.24, 2.45) is 0 Å². The number of nitrogens with one attached hydrogen (secondary N) is 1. The van der Waals surface area contributed by atoms with Crippen molar-refractivity contribution in [2.45, 2.75) is 13.5 Å². The average Bonchev–Trinajstić information content (AvgIpc) is 2.80. The molecular formula is C24H26ClN3O4. The minimum atomic E-state index is -0.728. The maximum atomic E-state index is 12.7. The Kier molecular flexibility index (Phi) is 6.79. The fourth-order valence-corrected chi connectivity index (χ4v) is 4.13. The number of nitrogens with zero attached hydrogens (tertiary/aromatic N) is 2. The van der Waals surface area contributed by atoms with Gasteiger partial charge in [0, 0.05) is 48.8 Å². The Morgan fingerprint density at radius 3 is 2.56 bits per heavy atom. The van der Waals surface area contributed by atoms with Gasteiger partial charge in [0.25, 0.3) is 5.91 Å². The second-order valence-electron chi connectivity index (χ2n) is 7.80. The molecule has 0 bridgehead atoms. The molecule has 1 aliphatic heterocycles. The maximum Gasteiger partial charge on any atom is 0.349 e. The van der Waals surface area contributed by atoms with Crippen LogP contribution in [0.1, 0.15) is 22.8 Å². The summed E-state index contributed by atoms with van der Waals surface area (Å²) in [6.45, 7) is 8.15. The van der Waals surface area contributed by atoms with Gasteiger partial charge < -0.3 is 19.4 Å². The molecule has 1 aliphatic rings. The molecule has 0 radical (unpaired) electrons. The summed E-state index contributed by atoms with van der Waals surface area (Å²) >= 11 is 6.49. The Bertz CT molecular complexity index is 1190. The molecule has 1 saturated heterocycles. The molecule has 4 rings (SSSR count). The number of carbonyl (C=O) groups is 1. The number of carbonyl (C=O) groups excluding carboxylic acids is 1. The number of anilines is 1. The summed E-state index contributed by atoms with van der Waals surface area (Å²) in [4.78, 5) is 30.0. The fraction of sp³-hybridized carbons (Fsp3) is 0.333. The highest BCUT2D eigenvalue weighted by Gasteiger charge is 2.18. The van der Waals surface area contributed by atoms with Crippen molar-refractivity contribution in [3.05, 3.63) is 69.0 Å². The molecule has 7 nitrogen and oxygen atoms in total. The Hall–Kier alpha value is -2.87. The van der Waals surface area contributed by atoms with Crippen LogP contribution in [0.2, 0.25) is 5.02 Å². The number of piperazine rings is 1. The van der Waals surface area contributed by atoms with Crippen molar-refractivity contribution < 1.29 is 13.9 Å². The highest BCUT2D eigenvalue weighted by Crippen LogP contribution is 2.26. The average molecular weight is 456 g/mol. The zero-order valence-corrected chi connectivity index (χ0v) is 18.9. The second kappa shape index (κ2) is 9.73. The summed E-state index contributed by atoms with van der Waals surface area (Å²) in [6.07, 6.45) is 0. The number of ether oxygens (including phenoxy) is 1. The normalized spacial score (nSPS) is 15.1. The number of amides is 1. The molecule has 0 atom stereocenters. The van der Waals surface area contributed by atoms with E-state index in [0.29, 0.717) is 27.4 Å². The topological polar surface area (TPSA) is 75.0 Å². The number of likely N-dealkylation sites (N-methyl/N-ethyl adjacent to an activating group) is 1. The largest absolute Gasteiger partial charge is 0.493 e. The van der Waals surface area contributed by atoms with Gasteiger partial charge in [0.1, 0.15) is 5.56 Å². The molecule has 1 amide bonds. The van der Waals surface area contributed by atoms with Crippen LogP contribution in [0.15, 0.2) is 51.7 Å². The molecule has 0 aliphatic carbocycles. The van der Waals surface area contributed by atoms with Gasteiger partial charge in [-0.15, -0.1) is 0 Å². The Morgan fingerprint density at radius 2 is 1.88 bits per heavy atom. The summed E-state index contributed by atoms with van der Waals surface area (Å²) in [6, 6.07) is 12.1. The number of hydrogen-bond acceptors (Lipinski definition) is 6. The van der Waals surface area contributed by atoms with Crippen LogP contribution >= 0.6 is 11.6 Å². The van der Waals surface area contributed by atoms with Crippen LogP contribution in [0.3, 0.4) is 0 Å². The monoisotopic (exact) mass is 455 g/mol. The Morgan fingerprint density at radius 1 is 1.12 bits per heavy atom. The number of fused-ring (bicyclic) bond motifs is 1. The van der Waals surface area contributed by atoms with Gasteiger partial charge in [0.15, 0.2) is 11.3 Å². The molecule has 0 saturated carbocycles. The number of methoxy groups -OCH3 is 1. The zero-order chi connectivity index (χ0) is 22.7. The number of benzene rings is 2. The first kappa shape index (κ1) is 22.3. The third kappa shape index (κ3) is 4.80. The van der Waals surface area contributed by atoms with Crippen molar-refractivity contribution in [3.8, 4) is 5.75 Å². The maximum absolute atomic E-state index is 12.7. The zero-order valence-electron chi connectivity index (χ0n) is 18.2. The Labute approximate surface area is 191 Å². The van der Waals surface area contributed by atoms with E-state index >= 15 is 0 Å². The molecule has 1 N–H and O–H groups in total. The van der Waals surface area contributed by atoms with Gasteiger partial charge in [-0.25, -0.2) is 4.79 Å². The van der Waals surface area contributed by atoms with E-state index in [1.807, 2.05) is 6.07 Å². The SMILES string of the molecule is CCN1CCN(Cc2ccc(NC(=O)c3cc4cccc(OC)c4oc3=O)cc2Cl)CC1. The molecule has 32 heavy (non-hydrogen) atoms. The predicted octanol–water partition coefficient (Wildman–Crippen LogP) is 3.84. The molecule has 8 heteroatoms. The van der Waals surface area contributed by atoms with Crippen molar-refractivity contribution in [2.75, 3.05) is 45.2 Å². The van der Waals surface area contributed by atoms with Gasteiger partial charge in [-0.2, -0.15) is 0 Å². The first-order valence-electron chi connectivity index (χ1n) is 10.6. The van der Waals surface area contributed by atoms with E-state index in [1.165, 1.54) is 13.2 Å². The van der Waals surface area contributed by atoms with Crippen molar-refractivity contribution >= 4 is 34.2 Å². The molecule has 2 aromatic carbocycles. The highest BCUT2D eigenvalue weighted by atomic mass is 35.5. The van der Waals surface area contributed by atoms with E-state index in [0.717, 1.165) is 44.8 Å². The van der Waals surface area contributed by atoms with Crippen LogP contribution in [-0.2, 0) is 6.54 Å². The van der Waals surface area contributed by atoms with E-state index in [1.54, 1.807) is 30.3 Å². The Balaban J connectivity index is 1.47. The lowest BCUT2D eigenvalue weighted by Crippen LogP contribution is -2.45. The van der Waals surface area contributed by atoms with Crippen LogP contribution < -0.4 is 15.7 Å². The smallest absolute Gasteiger partial charge is 0.349 e. The van der Waals surface area contributed by atoms with E-state index in [9.17, 15) is 9.59 Å². The lowest BCUT2D eigenvalue weighted by atomic mass is 10.1. The molecule has 1 fully saturated rings. The minimum Gasteiger partial charge on any atom is -0.493 e. The molecule has 2 heterocycles. The molecule has 3 aromatic rings. The minimum absolute atomic E-state index is 0.0836. The first-order chi connectivity index (χ1) is 15.5. The number of para-hydroxylation sites is 1. The van der Waals surface area contributed by atoms with Crippen LogP contribution in [0.4, 0.5) is 5.69 Å². The van der Waals surface area contributed by atoms with E-state index in [-0.39, 0.29) is 5.56 Å². The summed E-state index contributed by atoms with van der Waals surface area (Å²) in [5.74, 6) is -0.118. The number of halogens is 1. The third-order valence-corrected chi connectivity index (χ3v) is 6.16. The van der Waals surface area contributed by atoms with Gasteiger partial charge in [0.2, 0.25) is 0 Å². The third-order valence-electron chi connectivity index (χ3n) is 5.81.